The number of ether oxygens (including phenoxy) is 1. The quantitative estimate of drug-likeness (QED) is 0.449. The summed E-state index contributed by atoms with van der Waals surface area (Å²) in [6.07, 6.45) is 0. The highest BCUT2D eigenvalue weighted by atomic mass is 35.5. The van der Waals surface area contributed by atoms with Crippen molar-refractivity contribution in [2.45, 2.75) is 17.2 Å². The molecule has 0 amide bonds. The van der Waals surface area contributed by atoms with E-state index in [1.807, 2.05) is 0 Å². The summed E-state index contributed by atoms with van der Waals surface area (Å²) in [6, 6.07) is 2.82. The summed E-state index contributed by atoms with van der Waals surface area (Å²) in [5, 5.41) is -1.38. The molecule has 0 saturated carbocycles. The first-order valence-electron chi connectivity index (χ1n) is 5.20. The van der Waals surface area contributed by atoms with Gasteiger partial charge in [-0.3, -0.25) is 0 Å². The normalized spacial score (nSPS) is 17.2. The molecule has 8 heteroatoms. The molecule has 0 bridgehead atoms. The van der Waals surface area contributed by atoms with Crippen LogP contribution in [0.5, 0.6) is 0 Å². The van der Waals surface area contributed by atoms with E-state index in [-0.39, 0.29) is 5.56 Å². The van der Waals surface area contributed by atoms with Crippen molar-refractivity contribution in [3.05, 3.63) is 29.8 Å². The number of esters is 1. The molecule has 0 heterocycles. The van der Waals surface area contributed by atoms with Crippen LogP contribution in [-0.4, -0.2) is 24.2 Å². The Morgan fingerprint density at radius 1 is 1.26 bits per heavy atom. The maximum Gasteiger partial charge on any atom is 0.337 e. The lowest BCUT2D eigenvalue weighted by molar-refractivity contribution is 0.0600. The van der Waals surface area contributed by atoms with E-state index in [0.717, 1.165) is 26.2 Å². The second kappa shape index (κ2) is 4.28. The van der Waals surface area contributed by atoms with Gasteiger partial charge in [-0.05, 0) is 31.2 Å². The molecule has 110 valence electrons. The SMILES string of the molecule is COC(=O)c1ccc(S(F)(F)(F)(F)CC(C)Cl)cc1. The van der Waals surface area contributed by atoms with E-state index in [0.29, 0.717) is 12.1 Å². The fourth-order valence-corrected chi connectivity index (χ4v) is 4.19. The Morgan fingerprint density at radius 2 is 1.74 bits per heavy atom. The fraction of sp³-hybridized carbons (Fsp3) is 0.364. The van der Waals surface area contributed by atoms with Gasteiger partial charge in [0.2, 0.25) is 0 Å². The van der Waals surface area contributed by atoms with E-state index in [4.69, 9.17) is 11.6 Å². The first kappa shape index (κ1) is 16.1. The molecule has 1 unspecified atom stereocenters. The van der Waals surface area contributed by atoms with Crippen LogP contribution in [0.3, 0.4) is 0 Å². The van der Waals surface area contributed by atoms with Crippen LogP contribution in [0.4, 0.5) is 15.5 Å². The van der Waals surface area contributed by atoms with E-state index in [9.17, 15) is 20.3 Å². The minimum Gasteiger partial charge on any atom is -0.465 e. The second-order valence-electron chi connectivity index (χ2n) is 4.20. The van der Waals surface area contributed by atoms with E-state index in [1.165, 1.54) is 0 Å². The Balaban J connectivity index is 3.26. The first-order chi connectivity index (χ1) is 8.38. The van der Waals surface area contributed by atoms with Crippen LogP contribution in [-0.2, 0) is 4.74 Å². The monoisotopic (exact) mass is 320 g/mol. The molecule has 1 aromatic carbocycles. The fourth-order valence-electron chi connectivity index (χ4n) is 1.57. The third-order valence-corrected chi connectivity index (χ3v) is 5.19. The standard InChI is InChI=1S/C11H13ClF4O2S/c1-8(12)7-19(13,14,15,16)10-5-3-9(4-6-10)11(17)18-2/h3-6,8H,7H2,1-2H3. The maximum absolute atomic E-state index is 13.8. The third-order valence-electron chi connectivity index (χ3n) is 2.36. The smallest absolute Gasteiger partial charge is 0.337 e. The van der Waals surface area contributed by atoms with E-state index in [1.54, 1.807) is 0 Å². The number of hydrogen-bond donors (Lipinski definition) is 0. The lowest BCUT2D eigenvalue weighted by Gasteiger charge is -2.50. The highest BCUT2D eigenvalue weighted by Gasteiger charge is 2.64. The van der Waals surface area contributed by atoms with Crippen LogP contribution in [0.1, 0.15) is 17.3 Å². The van der Waals surface area contributed by atoms with Crippen LogP contribution in [0.15, 0.2) is 29.2 Å². The van der Waals surface area contributed by atoms with Crippen LogP contribution >= 0.6 is 21.4 Å². The van der Waals surface area contributed by atoms with Gasteiger partial charge in [0.1, 0.15) is 0 Å². The average molecular weight is 321 g/mol. The lowest BCUT2D eigenvalue weighted by atomic mass is 10.2. The number of halogens is 5. The topological polar surface area (TPSA) is 26.3 Å². The zero-order valence-corrected chi connectivity index (χ0v) is 11.8. The second-order valence-corrected chi connectivity index (χ2v) is 8.23. The molecule has 0 saturated heterocycles. The Morgan fingerprint density at radius 3 is 2.11 bits per heavy atom. The average Bonchev–Trinajstić information content (AvgIpc) is 2.24. The van der Waals surface area contributed by atoms with E-state index in [2.05, 4.69) is 4.74 Å². The summed E-state index contributed by atoms with van der Waals surface area (Å²) in [5.74, 6) is -2.51. The van der Waals surface area contributed by atoms with Crippen molar-refractivity contribution in [1.82, 2.24) is 0 Å². The number of carbonyl (C=O) groups excluding carboxylic acids is 1. The van der Waals surface area contributed by atoms with Crippen molar-refractivity contribution >= 4 is 27.4 Å². The first-order valence-corrected chi connectivity index (χ1v) is 7.86. The number of methoxy groups -OCH3 is 1. The summed E-state index contributed by atoms with van der Waals surface area (Å²) >= 11 is 5.29. The molecule has 0 spiro atoms. The van der Waals surface area contributed by atoms with Crippen LogP contribution in [0, 0.1) is 0 Å². The van der Waals surface area contributed by atoms with Crippen molar-refractivity contribution in [2.24, 2.45) is 0 Å². The van der Waals surface area contributed by atoms with Gasteiger partial charge >= 0.3 is 5.97 Å². The predicted molar refractivity (Wildman–Crippen MR) is 68.3 cm³/mol. The van der Waals surface area contributed by atoms with Gasteiger partial charge in [0.05, 0.1) is 23.3 Å². The van der Waals surface area contributed by atoms with Crippen LogP contribution in [0.25, 0.3) is 0 Å². The molecule has 1 aromatic rings. The van der Waals surface area contributed by atoms with Gasteiger partial charge in [0, 0.05) is 5.38 Å². The third kappa shape index (κ3) is 3.76. The van der Waals surface area contributed by atoms with Crippen LogP contribution < -0.4 is 0 Å². The summed E-state index contributed by atoms with van der Waals surface area (Å²) in [6.45, 7) is 1.07. The number of benzene rings is 1. The van der Waals surface area contributed by atoms with Crippen LogP contribution in [0.2, 0.25) is 0 Å². The molecule has 0 radical (unpaired) electrons. The molecule has 0 aromatic heterocycles. The highest BCUT2D eigenvalue weighted by molar-refractivity contribution is 8.49. The number of hydrogen-bond acceptors (Lipinski definition) is 2. The molecule has 0 aliphatic heterocycles. The number of carbonyl (C=O) groups is 1. The molecule has 1 rings (SSSR count). The summed E-state index contributed by atoms with van der Waals surface area (Å²) in [4.78, 5) is 9.70. The molecule has 0 aliphatic rings. The number of alkyl halides is 1. The van der Waals surface area contributed by atoms with Gasteiger partial charge in [0.25, 0.3) is 0 Å². The van der Waals surface area contributed by atoms with Crippen molar-refractivity contribution in [2.75, 3.05) is 12.9 Å². The summed E-state index contributed by atoms with van der Waals surface area (Å²) < 4.78 is 59.5. The van der Waals surface area contributed by atoms with Gasteiger partial charge in [-0.2, -0.15) is 0 Å². The van der Waals surface area contributed by atoms with Gasteiger partial charge in [0.15, 0.2) is 9.84 Å². The Bertz CT molecular complexity index is 494. The van der Waals surface area contributed by atoms with Gasteiger partial charge < -0.3 is 4.74 Å². The Hall–Kier alpha value is -0.950. The van der Waals surface area contributed by atoms with E-state index < -0.39 is 31.8 Å². The Kier molecular flexibility index (Phi) is 3.62. The molecular formula is C11H13ClF4O2S. The maximum atomic E-state index is 13.8. The molecular weight excluding hydrogens is 308 g/mol. The van der Waals surface area contributed by atoms with Gasteiger partial charge in [-0.25, -0.2) is 4.79 Å². The summed E-state index contributed by atoms with van der Waals surface area (Å²) in [5.41, 5.74) is -0.0847. The molecule has 1 atom stereocenters. The zero-order valence-electron chi connectivity index (χ0n) is 10.2. The zero-order chi connectivity index (χ0) is 15.0. The number of rotatable bonds is 4. The Labute approximate surface area is 113 Å². The molecule has 2 nitrogen and oxygen atoms in total. The highest BCUT2D eigenvalue weighted by Crippen LogP contribution is 3.00. The van der Waals surface area contributed by atoms with Crippen molar-refractivity contribution in [3.8, 4) is 0 Å². The predicted octanol–water partition coefficient (Wildman–Crippen LogP) is 4.87. The van der Waals surface area contributed by atoms with Gasteiger partial charge in [-0.15, -0.1) is 27.1 Å². The lowest BCUT2D eigenvalue weighted by Crippen LogP contribution is -2.23. The van der Waals surface area contributed by atoms with E-state index >= 15 is 0 Å². The van der Waals surface area contributed by atoms with Crippen molar-refractivity contribution in [1.29, 1.82) is 0 Å². The summed E-state index contributed by atoms with van der Waals surface area (Å²) in [7, 11) is -7.32. The van der Waals surface area contributed by atoms with Gasteiger partial charge in [-0.1, -0.05) is 0 Å². The largest absolute Gasteiger partial charge is 0.465 e. The molecule has 19 heavy (non-hydrogen) atoms. The molecule has 0 fully saturated rings. The molecule has 0 N–H and O–H groups in total. The van der Waals surface area contributed by atoms with Crippen molar-refractivity contribution < 1.29 is 25.1 Å². The molecule has 0 aliphatic carbocycles. The minimum atomic E-state index is -8.41. The van der Waals surface area contributed by atoms with Crippen molar-refractivity contribution in [3.63, 3.8) is 0 Å². The minimum absolute atomic E-state index is 0.0847.